The van der Waals surface area contributed by atoms with Gasteiger partial charge in [-0.2, -0.15) is 0 Å². The fourth-order valence-corrected chi connectivity index (χ4v) is 2.41. The zero-order chi connectivity index (χ0) is 9.26. The first kappa shape index (κ1) is 8.97. The number of aromatic nitrogens is 1. The van der Waals surface area contributed by atoms with E-state index in [2.05, 4.69) is 4.98 Å². The minimum atomic E-state index is 0.0146. The Morgan fingerprint density at radius 2 is 2.62 bits per heavy atom. The summed E-state index contributed by atoms with van der Waals surface area (Å²) in [7, 11) is 0. The summed E-state index contributed by atoms with van der Waals surface area (Å²) < 4.78 is 0. The SMILES string of the molecule is O=C(CCl)N1CCc2ncsc2C1. The summed E-state index contributed by atoms with van der Waals surface area (Å²) in [6, 6.07) is 0. The number of fused-ring (bicyclic) bond motifs is 1. The average molecular weight is 217 g/mol. The van der Waals surface area contributed by atoms with Gasteiger partial charge in [-0.05, 0) is 0 Å². The van der Waals surface area contributed by atoms with Crippen molar-refractivity contribution < 1.29 is 4.79 Å². The van der Waals surface area contributed by atoms with Crippen LogP contribution in [0.15, 0.2) is 5.51 Å². The van der Waals surface area contributed by atoms with E-state index in [4.69, 9.17) is 11.6 Å². The summed E-state index contributed by atoms with van der Waals surface area (Å²) in [6.07, 6.45) is 0.863. The molecule has 2 rings (SSSR count). The smallest absolute Gasteiger partial charge is 0.237 e. The van der Waals surface area contributed by atoms with E-state index in [1.807, 2.05) is 5.51 Å². The number of hydrogen-bond donors (Lipinski definition) is 0. The van der Waals surface area contributed by atoms with Gasteiger partial charge in [0.1, 0.15) is 5.88 Å². The van der Waals surface area contributed by atoms with Gasteiger partial charge in [0.25, 0.3) is 0 Å². The standard InChI is InChI=1S/C8H9ClN2OS/c9-3-8(12)11-2-1-6-7(4-11)13-5-10-6/h5H,1-4H2. The van der Waals surface area contributed by atoms with Crippen LogP contribution in [0.1, 0.15) is 10.6 Å². The molecule has 0 atom stereocenters. The van der Waals surface area contributed by atoms with Crippen molar-refractivity contribution in [2.45, 2.75) is 13.0 Å². The highest BCUT2D eigenvalue weighted by molar-refractivity contribution is 7.09. The molecule has 1 aliphatic heterocycles. The van der Waals surface area contributed by atoms with E-state index in [0.29, 0.717) is 6.54 Å². The Labute approximate surface area is 85.3 Å². The van der Waals surface area contributed by atoms with Gasteiger partial charge in [-0.15, -0.1) is 22.9 Å². The quantitative estimate of drug-likeness (QED) is 0.663. The fraction of sp³-hybridized carbons (Fsp3) is 0.500. The van der Waals surface area contributed by atoms with Crippen LogP contribution in [0.2, 0.25) is 0 Å². The molecule has 0 N–H and O–H groups in total. The fourth-order valence-electron chi connectivity index (χ4n) is 1.42. The Hall–Kier alpha value is -0.610. The molecule has 0 bridgehead atoms. The number of rotatable bonds is 1. The summed E-state index contributed by atoms with van der Waals surface area (Å²) in [5.74, 6) is 0.0921. The third-order valence-corrected chi connectivity index (χ3v) is 3.23. The summed E-state index contributed by atoms with van der Waals surface area (Å²) in [6.45, 7) is 1.44. The molecule has 1 aromatic heterocycles. The van der Waals surface area contributed by atoms with Crippen LogP contribution in [0.3, 0.4) is 0 Å². The van der Waals surface area contributed by atoms with Crippen LogP contribution in [0.4, 0.5) is 0 Å². The molecule has 1 aliphatic rings. The first-order chi connectivity index (χ1) is 6.31. The second-order valence-corrected chi connectivity index (χ2v) is 4.13. The zero-order valence-corrected chi connectivity index (χ0v) is 8.57. The summed E-state index contributed by atoms with van der Waals surface area (Å²) >= 11 is 7.09. The molecule has 3 nitrogen and oxygen atoms in total. The highest BCUT2D eigenvalue weighted by Gasteiger charge is 2.21. The lowest BCUT2D eigenvalue weighted by Crippen LogP contribution is -2.36. The van der Waals surface area contributed by atoms with E-state index in [9.17, 15) is 4.79 Å². The molecular formula is C8H9ClN2OS. The molecule has 13 heavy (non-hydrogen) atoms. The molecule has 70 valence electrons. The van der Waals surface area contributed by atoms with Gasteiger partial charge in [0.15, 0.2) is 0 Å². The molecule has 1 aromatic rings. The van der Waals surface area contributed by atoms with Crippen molar-refractivity contribution in [3.63, 3.8) is 0 Å². The number of carbonyl (C=O) groups is 1. The number of halogens is 1. The second kappa shape index (κ2) is 3.64. The Kier molecular flexibility index (Phi) is 2.51. The summed E-state index contributed by atoms with van der Waals surface area (Å²) in [5, 5.41) is 0. The van der Waals surface area contributed by atoms with Crippen molar-refractivity contribution in [2.24, 2.45) is 0 Å². The van der Waals surface area contributed by atoms with Gasteiger partial charge >= 0.3 is 0 Å². The molecule has 0 spiro atoms. The van der Waals surface area contributed by atoms with Crippen molar-refractivity contribution in [3.05, 3.63) is 16.1 Å². The molecule has 0 aromatic carbocycles. The minimum Gasteiger partial charge on any atom is -0.336 e. The van der Waals surface area contributed by atoms with Crippen LogP contribution < -0.4 is 0 Å². The van der Waals surface area contributed by atoms with Crippen molar-refractivity contribution >= 4 is 28.8 Å². The topological polar surface area (TPSA) is 33.2 Å². The normalized spacial score (nSPS) is 15.6. The Bertz CT molecular complexity index is 326. The summed E-state index contributed by atoms with van der Waals surface area (Å²) in [4.78, 5) is 18.5. The molecule has 0 saturated heterocycles. The maximum atomic E-state index is 11.3. The first-order valence-electron chi connectivity index (χ1n) is 4.06. The molecule has 0 radical (unpaired) electrons. The average Bonchev–Trinajstić information content (AvgIpc) is 2.63. The highest BCUT2D eigenvalue weighted by atomic mass is 35.5. The van der Waals surface area contributed by atoms with E-state index in [-0.39, 0.29) is 11.8 Å². The Balaban J connectivity index is 2.13. The van der Waals surface area contributed by atoms with Gasteiger partial charge in [-0.3, -0.25) is 4.79 Å². The van der Waals surface area contributed by atoms with Crippen LogP contribution in [0.5, 0.6) is 0 Å². The van der Waals surface area contributed by atoms with Crippen LogP contribution in [0, 0.1) is 0 Å². The number of nitrogens with zero attached hydrogens (tertiary/aromatic N) is 2. The predicted molar refractivity (Wildman–Crippen MR) is 52.0 cm³/mol. The van der Waals surface area contributed by atoms with E-state index in [0.717, 1.165) is 18.7 Å². The largest absolute Gasteiger partial charge is 0.336 e. The Morgan fingerprint density at radius 3 is 3.38 bits per heavy atom. The van der Waals surface area contributed by atoms with Crippen LogP contribution >= 0.6 is 22.9 Å². The van der Waals surface area contributed by atoms with Crippen molar-refractivity contribution in [2.75, 3.05) is 12.4 Å². The van der Waals surface area contributed by atoms with Gasteiger partial charge < -0.3 is 4.90 Å². The predicted octanol–water partition coefficient (Wildman–Crippen LogP) is 1.27. The molecule has 2 heterocycles. The number of amides is 1. The van der Waals surface area contributed by atoms with E-state index in [1.165, 1.54) is 4.88 Å². The third kappa shape index (κ3) is 1.69. The third-order valence-electron chi connectivity index (χ3n) is 2.15. The van der Waals surface area contributed by atoms with Gasteiger partial charge in [-0.25, -0.2) is 4.98 Å². The summed E-state index contributed by atoms with van der Waals surface area (Å²) in [5.41, 5.74) is 2.97. The van der Waals surface area contributed by atoms with Crippen molar-refractivity contribution in [3.8, 4) is 0 Å². The van der Waals surface area contributed by atoms with Gasteiger partial charge in [-0.1, -0.05) is 0 Å². The maximum Gasteiger partial charge on any atom is 0.237 e. The monoisotopic (exact) mass is 216 g/mol. The zero-order valence-electron chi connectivity index (χ0n) is 6.99. The van der Waals surface area contributed by atoms with Crippen LogP contribution in [0.25, 0.3) is 0 Å². The van der Waals surface area contributed by atoms with Crippen LogP contribution in [-0.2, 0) is 17.8 Å². The lowest BCUT2D eigenvalue weighted by Gasteiger charge is -2.25. The van der Waals surface area contributed by atoms with Crippen molar-refractivity contribution in [1.29, 1.82) is 0 Å². The number of alkyl halides is 1. The minimum absolute atomic E-state index is 0.0146. The van der Waals surface area contributed by atoms with E-state index < -0.39 is 0 Å². The number of carbonyl (C=O) groups excluding carboxylic acids is 1. The van der Waals surface area contributed by atoms with Gasteiger partial charge in [0.2, 0.25) is 5.91 Å². The number of thiazole rings is 1. The van der Waals surface area contributed by atoms with Crippen LogP contribution in [-0.4, -0.2) is 28.2 Å². The lowest BCUT2D eigenvalue weighted by atomic mass is 10.2. The van der Waals surface area contributed by atoms with E-state index >= 15 is 0 Å². The molecule has 0 aliphatic carbocycles. The lowest BCUT2D eigenvalue weighted by molar-refractivity contribution is -0.129. The number of hydrogen-bond acceptors (Lipinski definition) is 3. The highest BCUT2D eigenvalue weighted by Crippen LogP contribution is 2.21. The molecule has 1 amide bonds. The Morgan fingerprint density at radius 1 is 1.77 bits per heavy atom. The maximum absolute atomic E-state index is 11.3. The molecule has 5 heteroatoms. The second-order valence-electron chi connectivity index (χ2n) is 2.92. The van der Waals surface area contributed by atoms with Gasteiger partial charge in [0, 0.05) is 17.8 Å². The molecule has 0 fully saturated rings. The van der Waals surface area contributed by atoms with E-state index in [1.54, 1.807) is 16.2 Å². The first-order valence-corrected chi connectivity index (χ1v) is 5.47. The molecule has 0 unspecified atom stereocenters. The van der Waals surface area contributed by atoms with Gasteiger partial charge in [0.05, 0.1) is 17.7 Å². The molecule has 0 saturated carbocycles. The molecular weight excluding hydrogens is 208 g/mol. The van der Waals surface area contributed by atoms with Crippen molar-refractivity contribution in [1.82, 2.24) is 9.88 Å².